The molecule has 1 aromatic rings. The van der Waals surface area contributed by atoms with E-state index in [1.165, 1.54) is 12.8 Å². The lowest BCUT2D eigenvalue weighted by Crippen LogP contribution is -2.11. The molecule has 0 unspecified atom stereocenters. The van der Waals surface area contributed by atoms with Crippen molar-refractivity contribution in [3.8, 4) is 11.5 Å². The Bertz CT molecular complexity index is 387. The Morgan fingerprint density at radius 3 is 2.71 bits per heavy atom. The zero-order valence-corrected chi connectivity index (χ0v) is 10.1. The van der Waals surface area contributed by atoms with Crippen LogP contribution in [0.25, 0.3) is 0 Å². The number of hydrogen-bond donors (Lipinski definition) is 1. The summed E-state index contributed by atoms with van der Waals surface area (Å²) in [4.78, 5) is 0. The van der Waals surface area contributed by atoms with Crippen LogP contribution < -0.4 is 9.47 Å². The highest BCUT2D eigenvalue weighted by Crippen LogP contribution is 2.32. The van der Waals surface area contributed by atoms with Crippen molar-refractivity contribution >= 4 is 0 Å². The van der Waals surface area contributed by atoms with Gasteiger partial charge in [-0.25, -0.2) is 5.53 Å². The molecule has 1 aliphatic rings. The van der Waals surface area contributed by atoms with E-state index in [0.29, 0.717) is 12.6 Å². The summed E-state index contributed by atoms with van der Waals surface area (Å²) < 4.78 is 11.2. The molecule has 0 amide bonds. The maximum Gasteiger partial charge on any atom is 0.161 e. The van der Waals surface area contributed by atoms with Crippen LogP contribution in [0, 0.1) is 5.53 Å². The van der Waals surface area contributed by atoms with Crippen LogP contribution in [0.2, 0.25) is 0 Å². The fraction of sp³-hybridized carbons (Fsp3) is 0.538. The minimum absolute atomic E-state index is 0.312. The van der Waals surface area contributed by atoms with Gasteiger partial charge in [0, 0.05) is 0 Å². The number of nitrogens with one attached hydrogen (secondary N) is 1. The van der Waals surface area contributed by atoms with Crippen molar-refractivity contribution in [1.29, 1.82) is 5.53 Å². The molecule has 0 aliphatic heterocycles. The molecule has 4 heteroatoms. The second kappa shape index (κ2) is 5.66. The van der Waals surface area contributed by atoms with Gasteiger partial charge in [0.15, 0.2) is 11.5 Å². The first-order chi connectivity index (χ1) is 8.33. The lowest BCUT2D eigenvalue weighted by Gasteiger charge is -2.16. The number of hydrogen-bond acceptors (Lipinski definition) is 4. The molecule has 1 saturated carbocycles. The molecule has 1 aromatic carbocycles. The largest absolute Gasteiger partial charge is 0.493 e. The minimum atomic E-state index is 0.312. The first kappa shape index (κ1) is 11.9. The van der Waals surface area contributed by atoms with E-state index in [1.807, 2.05) is 18.2 Å². The third kappa shape index (κ3) is 2.96. The predicted molar refractivity (Wildman–Crippen MR) is 64.7 cm³/mol. The summed E-state index contributed by atoms with van der Waals surface area (Å²) in [6.07, 6.45) is 5.04. The zero-order chi connectivity index (χ0) is 12.1. The van der Waals surface area contributed by atoms with E-state index in [0.717, 1.165) is 29.9 Å². The van der Waals surface area contributed by atoms with Crippen molar-refractivity contribution in [2.75, 3.05) is 7.11 Å². The highest BCUT2D eigenvalue weighted by Gasteiger charge is 2.18. The monoisotopic (exact) mass is 234 g/mol. The molecule has 0 radical (unpaired) electrons. The summed E-state index contributed by atoms with van der Waals surface area (Å²) in [6.45, 7) is 0.394. The minimum Gasteiger partial charge on any atom is -0.493 e. The molecule has 0 spiro atoms. The van der Waals surface area contributed by atoms with E-state index in [9.17, 15) is 0 Å². The highest BCUT2D eigenvalue weighted by atomic mass is 16.5. The molecule has 1 N–H and O–H groups in total. The van der Waals surface area contributed by atoms with Gasteiger partial charge in [-0.15, -0.1) is 0 Å². The molecule has 1 fully saturated rings. The van der Waals surface area contributed by atoms with E-state index in [2.05, 4.69) is 5.11 Å². The first-order valence-corrected chi connectivity index (χ1v) is 6.00. The topological polar surface area (TPSA) is 54.7 Å². The third-order valence-electron chi connectivity index (χ3n) is 3.09. The quantitative estimate of drug-likeness (QED) is 0.792. The normalized spacial score (nSPS) is 15.8. The molecule has 0 bridgehead atoms. The maximum atomic E-state index is 6.89. The van der Waals surface area contributed by atoms with E-state index < -0.39 is 0 Å². The Morgan fingerprint density at radius 2 is 2.06 bits per heavy atom. The van der Waals surface area contributed by atoms with Gasteiger partial charge in [0.05, 0.1) is 19.8 Å². The molecule has 0 heterocycles. The van der Waals surface area contributed by atoms with E-state index in [4.69, 9.17) is 15.0 Å². The van der Waals surface area contributed by atoms with Crippen molar-refractivity contribution < 1.29 is 9.47 Å². The lowest BCUT2D eigenvalue weighted by atomic mass is 10.2. The molecular weight excluding hydrogens is 216 g/mol. The molecule has 92 valence electrons. The van der Waals surface area contributed by atoms with Crippen LogP contribution in [0.4, 0.5) is 0 Å². The Hall–Kier alpha value is -1.58. The van der Waals surface area contributed by atoms with Gasteiger partial charge in [0.25, 0.3) is 0 Å². The average Bonchev–Trinajstić information content (AvgIpc) is 2.83. The molecule has 0 atom stereocenters. The van der Waals surface area contributed by atoms with Crippen molar-refractivity contribution in [2.45, 2.75) is 38.3 Å². The Labute approximate surface area is 101 Å². The highest BCUT2D eigenvalue weighted by molar-refractivity contribution is 5.43. The smallest absolute Gasteiger partial charge is 0.161 e. The van der Waals surface area contributed by atoms with Crippen molar-refractivity contribution in [3.05, 3.63) is 23.8 Å². The Balaban J connectivity index is 2.15. The summed E-state index contributed by atoms with van der Waals surface area (Å²) >= 11 is 0. The summed E-state index contributed by atoms with van der Waals surface area (Å²) in [6, 6.07) is 5.72. The van der Waals surface area contributed by atoms with Gasteiger partial charge in [-0.1, -0.05) is 6.07 Å². The van der Waals surface area contributed by atoms with Crippen LogP contribution in [-0.2, 0) is 6.54 Å². The first-order valence-electron chi connectivity index (χ1n) is 6.00. The SMILES string of the molecule is COc1ccc(CN=N)cc1OC1CCCC1. The van der Waals surface area contributed by atoms with Gasteiger partial charge < -0.3 is 9.47 Å². The van der Waals surface area contributed by atoms with Crippen LogP contribution in [0.3, 0.4) is 0 Å². The standard InChI is InChI=1S/C13H18N2O2/c1-16-12-7-6-10(9-15-14)8-13(12)17-11-4-2-3-5-11/h6-8,11,14H,2-5,9H2,1H3. The molecule has 4 nitrogen and oxygen atoms in total. The summed E-state index contributed by atoms with van der Waals surface area (Å²) in [5, 5.41) is 3.39. The summed E-state index contributed by atoms with van der Waals surface area (Å²) in [5.41, 5.74) is 7.87. The zero-order valence-electron chi connectivity index (χ0n) is 10.1. The van der Waals surface area contributed by atoms with Crippen molar-refractivity contribution in [3.63, 3.8) is 0 Å². The van der Waals surface area contributed by atoms with E-state index in [1.54, 1.807) is 7.11 Å². The van der Waals surface area contributed by atoms with Crippen molar-refractivity contribution in [1.82, 2.24) is 0 Å². The van der Waals surface area contributed by atoms with Crippen LogP contribution >= 0.6 is 0 Å². The number of rotatable bonds is 5. The third-order valence-corrected chi connectivity index (χ3v) is 3.09. The molecule has 2 rings (SSSR count). The van der Waals surface area contributed by atoms with Gasteiger partial charge in [0.1, 0.15) is 0 Å². The van der Waals surface area contributed by atoms with Crippen molar-refractivity contribution in [2.24, 2.45) is 5.11 Å². The fourth-order valence-electron chi connectivity index (χ4n) is 2.19. The van der Waals surface area contributed by atoms with Gasteiger partial charge >= 0.3 is 0 Å². The molecular formula is C13H18N2O2. The summed E-state index contributed by atoms with van der Waals surface area (Å²) in [5.74, 6) is 1.53. The lowest BCUT2D eigenvalue weighted by molar-refractivity contribution is 0.200. The second-order valence-electron chi connectivity index (χ2n) is 4.33. The van der Waals surface area contributed by atoms with E-state index in [-0.39, 0.29) is 0 Å². The van der Waals surface area contributed by atoms with Crippen LogP contribution in [0.5, 0.6) is 11.5 Å². The maximum absolute atomic E-state index is 6.89. The summed E-state index contributed by atoms with van der Waals surface area (Å²) in [7, 11) is 1.64. The molecule has 0 saturated heterocycles. The number of methoxy groups -OCH3 is 1. The van der Waals surface area contributed by atoms with Gasteiger partial charge in [-0.2, -0.15) is 5.11 Å². The number of nitrogens with zero attached hydrogens (tertiary/aromatic N) is 1. The Kier molecular flexibility index (Phi) is 3.96. The van der Waals surface area contributed by atoms with Gasteiger partial charge in [0.2, 0.25) is 0 Å². The molecule has 17 heavy (non-hydrogen) atoms. The van der Waals surface area contributed by atoms with Crippen LogP contribution in [0.15, 0.2) is 23.3 Å². The van der Waals surface area contributed by atoms with E-state index >= 15 is 0 Å². The number of benzene rings is 1. The predicted octanol–water partition coefficient (Wildman–Crippen LogP) is 3.55. The van der Waals surface area contributed by atoms with Gasteiger partial charge in [-0.05, 0) is 43.4 Å². The fourth-order valence-corrected chi connectivity index (χ4v) is 2.19. The van der Waals surface area contributed by atoms with Crippen LogP contribution in [-0.4, -0.2) is 13.2 Å². The van der Waals surface area contributed by atoms with Gasteiger partial charge in [-0.3, -0.25) is 0 Å². The molecule has 0 aromatic heterocycles. The van der Waals surface area contributed by atoms with Crippen LogP contribution in [0.1, 0.15) is 31.2 Å². The Morgan fingerprint density at radius 1 is 1.29 bits per heavy atom. The second-order valence-corrected chi connectivity index (χ2v) is 4.33. The number of ether oxygens (including phenoxy) is 2. The average molecular weight is 234 g/mol. The molecule has 1 aliphatic carbocycles.